The number of carbonyl (C=O) groups is 2. The van der Waals surface area contributed by atoms with E-state index in [1.807, 2.05) is 6.92 Å². The number of carboxylic acid groups (broad SMARTS) is 1. The number of rotatable bonds is 14. The molecule has 1 N–H and O–H groups in total. The van der Waals surface area contributed by atoms with Crippen molar-refractivity contribution < 1.29 is 14.7 Å². The van der Waals surface area contributed by atoms with Crippen LogP contribution in [-0.4, -0.2) is 35.0 Å². The zero-order valence-corrected chi connectivity index (χ0v) is 13.9. The summed E-state index contributed by atoms with van der Waals surface area (Å²) in [4.78, 5) is 24.1. The highest BCUT2D eigenvalue weighted by molar-refractivity contribution is 5.76. The van der Waals surface area contributed by atoms with E-state index in [0.29, 0.717) is 19.5 Å². The summed E-state index contributed by atoms with van der Waals surface area (Å²) >= 11 is 0. The number of carboxylic acids is 1. The first kappa shape index (κ1) is 19.9. The van der Waals surface area contributed by atoms with Crippen molar-refractivity contribution in [2.75, 3.05) is 13.1 Å². The van der Waals surface area contributed by atoms with Crippen LogP contribution in [0.15, 0.2) is 0 Å². The van der Waals surface area contributed by atoms with E-state index >= 15 is 0 Å². The quantitative estimate of drug-likeness (QED) is 0.488. The van der Waals surface area contributed by atoms with E-state index in [2.05, 4.69) is 6.92 Å². The summed E-state index contributed by atoms with van der Waals surface area (Å²) in [6.07, 6.45) is 11.8. The van der Waals surface area contributed by atoms with Gasteiger partial charge in [0.25, 0.3) is 0 Å². The minimum Gasteiger partial charge on any atom is -0.481 e. The summed E-state index contributed by atoms with van der Waals surface area (Å²) in [6, 6.07) is 0. The SMILES string of the molecule is CCCCCCCCCCCC(=O)N(CC)CCC(=O)O. The average molecular weight is 299 g/mol. The highest BCUT2D eigenvalue weighted by Crippen LogP contribution is 2.11. The molecule has 0 aliphatic heterocycles. The van der Waals surface area contributed by atoms with Gasteiger partial charge in [-0.2, -0.15) is 0 Å². The summed E-state index contributed by atoms with van der Waals surface area (Å²) < 4.78 is 0. The highest BCUT2D eigenvalue weighted by Gasteiger charge is 2.12. The molecular formula is C17H33NO3. The summed E-state index contributed by atoms with van der Waals surface area (Å²) in [5.74, 6) is -0.744. The van der Waals surface area contributed by atoms with Gasteiger partial charge in [0, 0.05) is 19.5 Å². The summed E-state index contributed by atoms with van der Waals surface area (Å²) in [6.45, 7) is 5.06. The Labute approximate surface area is 129 Å². The van der Waals surface area contributed by atoms with Crippen LogP contribution in [0.25, 0.3) is 0 Å². The molecule has 0 aromatic carbocycles. The Morgan fingerprint density at radius 1 is 0.810 bits per heavy atom. The van der Waals surface area contributed by atoms with Gasteiger partial charge in [0.15, 0.2) is 0 Å². The molecule has 0 aromatic rings. The van der Waals surface area contributed by atoms with Crippen LogP contribution in [0.2, 0.25) is 0 Å². The first-order valence-electron chi connectivity index (χ1n) is 8.61. The Morgan fingerprint density at radius 3 is 1.81 bits per heavy atom. The van der Waals surface area contributed by atoms with Crippen molar-refractivity contribution in [3.63, 3.8) is 0 Å². The molecule has 0 atom stereocenters. The molecule has 0 heterocycles. The van der Waals surface area contributed by atoms with E-state index in [0.717, 1.165) is 12.8 Å². The van der Waals surface area contributed by atoms with Crippen molar-refractivity contribution in [1.29, 1.82) is 0 Å². The molecule has 0 unspecified atom stereocenters. The molecule has 0 fully saturated rings. The van der Waals surface area contributed by atoms with Gasteiger partial charge in [-0.25, -0.2) is 0 Å². The summed E-state index contributed by atoms with van der Waals surface area (Å²) in [7, 11) is 0. The molecule has 0 aliphatic carbocycles. The van der Waals surface area contributed by atoms with Crippen molar-refractivity contribution in [1.82, 2.24) is 4.90 Å². The molecule has 0 saturated carbocycles. The lowest BCUT2D eigenvalue weighted by Gasteiger charge is -2.19. The van der Waals surface area contributed by atoms with Gasteiger partial charge < -0.3 is 10.0 Å². The Kier molecular flexibility index (Phi) is 13.2. The predicted molar refractivity (Wildman–Crippen MR) is 86.4 cm³/mol. The molecule has 4 heteroatoms. The Hall–Kier alpha value is -1.06. The largest absolute Gasteiger partial charge is 0.481 e. The van der Waals surface area contributed by atoms with Crippen LogP contribution in [0.5, 0.6) is 0 Å². The zero-order valence-electron chi connectivity index (χ0n) is 13.9. The first-order valence-corrected chi connectivity index (χ1v) is 8.61. The lowest BCUT2D eigenvalue weighted by Crippen LogP contribution is -2.32. The number of hydrogen-bond donors (Lipinski definition) is 1. The van der Waals surface area contributed by atoms with Gasteiger partial charge in [0.2, 0.25) is 5.91 Å². The average Bonchev–Trinajstić information content (AvgIpc) is 2.46. The second-order valence-electron chi connectivity index (χ2n) is 5.70. The molecule has 0 radical (unpaired) electrons. The lowest BCUT2D eigenvalue weighted by molar-refractivity contribution is -0.138. The number of hydrogen-bond acceptors (Lipinski definition) is 2. The molecule has 0 saturated heterocycles. The van der Waals surface area contributed by atoms with Crippen LogP contribution in [-0.2, 0) is 9.59 Å². The van der Waals surface area contributed by atoms with Crippen LogP contribution in [0.4, 0.5) is 0 Å². The summed E-state index contributed by atoms with van der Waals surface area (Å²) in [5, 5.41) is 8.65. The molecule has 0 aliphatic rings. The predicted octanol–water partition coefficient (Wildman–Crippen LogP) is 4.23. The number of amides is 1. The Balaban J connectivity index is 3.52. The van der Waals surface area contributed by atoms with Gasteiger partial charge >= 0.3 is 5.97 Å². The van der Waals surface area contributed by atoms with E-state index in [-0.39, 0.29) is 12.3 Å². The number of carbonyl (C=O) groups excluding carboxylic acids is 1. The second-order valence-corrected chi connectivity index (χ2v) is 5.70. The van der Waals surface area contributed by atoms with Crippen molar-refractivity contribution in [3.05, 3.63) is 0 Å². The van der Waals surface area contributed by atoms with Crippen molar-refractivity contribution in [3.8, 4) is 0 Å². The molecule has 0 rings (SSSR count). The molecule has 4 nitrogen and oxygen atoms in total. The van der Waals surface area contributed by atoms with Crippen molar-refractivity contribution in [2.45, 2.75) is 84.5 Å². The smallest absolute Gasteiger partial charge is 0.305 e. The fourth-order valence-electron chi connectivity index (χ4n) is 2.43. The van der Waals surface area contributed by atoms with Gasteiger partial charge in [0.05, 0.1) is 6.42 Å². The maximum atomic E-state index is 11.9. The third-order valence-electron chi connectivity index (χ3n) is 3.82. The van der Waals surface area contributed by atoms with Crippen LogP contribution in [0.1, 0.15) is 84.5 Å². The molecular weight excluding hydrogens is 266 g/mol. The molecule has 0 bridgehead atoms. The maximum Gasteiger partial charge on any atom is 0.305 e. The van der Waals surface area contributed by atoms with E-state index in [1.165, 1.54) is 44.9 Å². The van der Waals surface area contributed by atoms with E-state index < -0.39 is 5.97 Å². The highest BCUT2D eigenvalue weighted by atomic mass is 16.4. The van der Waals surface area contributed by atoms with Crippen molar-refractivity contribution in [2.24, 2.45) is 0 Å². The van der Waals surface area contributed by atoms with Gasteiger partial charge in [-0.3, -0.25) is 9.59 Å². The third-order valence-corrected chi connectivity index (χ3v) is 3.82. The summed E-state index contributed by atoms with van der Waals surface area (Å²) in [5.41, 5.74) is 0. The van der Waals surface area contributed by atoms with Crippen LogP contribution < -0.4 is 0 Å². The third kappa shape index (κ3) is 12.4. The first-order chi connectivity index (χ1) is 10.1. The van der Waals surface area contributed by atoms with E-state index in [1.54, 1.807) is 4.90 Å². The van der Waals surface area contributed by atoms with Crippen LogP contribution in [0.3, 0.4) is 0 Å². The van der Waals surface area contributed by atoms with Gasteiger partial charge in [-0.05, 0) is 13.3 Å². The topological polar surface area (TPSA) is 57.6 Å². The standard InChI is InChI=1S/C17H33NO3/c1-3-5-6-7-8-9-10-11-12-13-16(19)18(4-2)15-14-17(20)21/h3-15H2,1-2H3,(H,20,21). The van der Waals surface area contributed by atoms with E-state index in [4.69, 9.17) is 5.11 Å². The fraction of sp³-hybridized carbons (Fsp3) is 0.882. The van der Waals surface area contributed by atoms with Gasteiger partial charge in [0.1, 0.15) is 0 Å². The molecule has 0 spiro atoms. The molecule has 1 amide bonds. The number of unbranched alkanes of at least 4 members (excludes halogenated alkanes) is 8. The minimum atomic E-state index is -0.843. The van der Waals surface area contributed by atoms with E-state index in [9.17, 15) is 9.59 Å². The van der Waals surface area contributed by atoms with Gasteiger partial charge in [-0.15, -0.1) is 0 Å². The fourth-order valence-corrected chi connectivity index (χ4v) is 2.43. The molecule has 0 aromatic heterocycles. The van der Waals surface area contributed by atoms with Crippen molar-refractivity contribution >= 4 is 11.9 Å². The molecule has 21 heavy (non-hydrogen) atoms. The normalized spacial score (nSPS) is 10.6. The second kappa shape index (κ2) is 13.9. The maximum absolute atomic E-state index is 11.9. The van der Waals surface area contributed by atoms with Crippen LogP contribution >= 0.6 is 0 Å². The number of nitrogens with zero attached hydrogens (tertiary/aromatic N) is 1. The monoisotopic (exact) mass is 299 g/mol. The lowest BCUT2D eigenvalue weighted by atomic mass is 10.1. The number of aliphatic carboxylic acids is 1. The van der Waals surface area contributed by atoms with Gasteiger partial charge in [-0.1, -0.05) is 58.3 Å². The zero-order chi connectivity index (χ0) is 15.9. The molecule has 124 valence electrons. The van der Waals surface area contributed by atoms with Crippen LogP contribution in [0, 0.1) is 0 Å². The Bertz CT molecular complexity index is 279. The minimum absolute atomic E-state index is 0.0390. The Morgan fingerprint density at radius 2 is 1.33 bits per heavy atom.